The van der Waals surface area contributed by atoms with Gasteiger partial charge in [0.2, 0.25) is 0 Å². The Bertz CT molecular complexity index is 759. The minimum Gasteiger partial charge on any atom is -0.462 e. The number of rotatable bonds is 3. The average molecular weight is 417 g/mol. The van der Waals surface area contributed by atoms with Crippen LogP contribution in [0.4, 0.5) is 0 Å². The number of Topliss-reactive ketones (excluding diaryl/α,β-unsaturated/α-hetero) is 1. The lowest BCUT2D eigenvalue weighted by Gasteiger charge is -2.56. The Morgan fingerprint density at radius 3 is 2.57 bits per heavy atom. The van der Waals surface area contributed by atoms with Crippen molar-refractivity contribution in [2.75, 3.05) is 6.61 Å². The summed E-state index contributed by atoms with van der Waals surface area (Å²) >= 11 is 0. The number of aliphatic hydroxyl groups is 1. The molecule has 3 fully saturated rings. The normalized spacial score (nSPS) is 39.8. The van der Waals surface area contributed by atoms with Crippen molar-refractivity contribution >= 4 is 11.8 Å². The topological polar surface area (TPSA) is 63.6 Å². The molecule has 0 amide bonds. The summed E-state index contributed by atoms with van der Waals surface area (Å²) in [6, 6.07) is 0. The molecule has 3 saturated carbocycles. The summed E-state index contributed by atoms with van der Waals surface area (Å²) in [5, 5.41) is 10.5. The second-order valence-corrected chi connectivity index (χ2v) is 11.9. The van der Waals surface area contributed by atoms with Gasteiger partial charge in [0.1, 0.15) is 11.9 Å². The standard InChI is InChI=1S/C26H40O4/c1-16(30-23(29)24(2,3)4)20-8-9-21-19-7-6-17-14-18(28)10-13-26(17,15-27)22(19)11-12-25(20,21)5/h16-17,20,22,27H,6-15H2,1-5H3/t16-,17+,20+,22-,25+,26+/m0/s1. The summed E-state index contributed by atoms with van der Waals surface area (Å²) in [5.41, 5.74) is 2.73. The predicted molar refractivity (Wildman–Crippen MR) is 117 cm³/mol. The fourth-order valence-electron chi connectivity index (χ4n) is 7.61. The third-order valence-electron chi connectivity index (χ3n) is 9.35. The number of ether oxygens (including phenoxy) is 1. The lowest BCUT2D eigenvalue weighted by Crippen LogP contribution is -2.51. The van der Waals surface area contributed by atoms with Crippen LogP contribution in [0.25, 0.3) is 0 Å². The SMILES string of the molecule is C[C@H](OC(=O)C(C)(C)C)[C@H]1CCC2=C3CC[C@@H]4CC(=O)CC[C@]4(CO)[C@H]3CC[C@@]21C. The molecule has 0 aromatic rings. The van der Waals surface area contributed by atoms with E-state index in [0.29, 0.717) is 36.4 Å². The maximum Gasteiger partial charge on any atom is 0.311 e. The summed E-state index contributed by atoms with van der Waals surface area (Å²) in [4.78, 5) is 24.6. The highest BCUT2D eigenvalue weighted by molar-refractivity contribution is 5.80. The zero-order valence-corrected chi connectivity index (χ0v) is 19.6. The smallest absolute Gasteiger partial charge is 0.311 e. The van der Waals surface area contributed by atoms with Crippen molar-refractivity contribution in [2.24, 2.45) is 34.0 Å². The predicted octanol–water partition coefficient (Wildman–Crippen LogP) is 5.23. The van der Waals surface area contributed by atoms with E-state index in [4.69, 9.17) is 4.74 Å². The molecular formula is C26H40O4. The highest BCUT2D eigenvalue weighted by Crippen LogP contribution is 2.65. The van der Waals surface area contributed by atoms with Gasteiger partial charge in [-0.3, -0.25) is 9.59 Å². The Hall–Kier alpha value is -1.16. The van der Waals surface area contributed by atoms with Gasteiger partial charge in [-0.15, -0.1) is 0 Å². The molecule has 4 aliphatic rings. The van der Waals surface area contributed by atoms with Gasteiger partial charge >= 0.3 is 5.97 Å². The first kappa shape index (κ1) is 22.0. The van der Waals surface area contributed by atoms with Gasteiger partial charge in [-0.2, -0.15) is 0 Å². The van der Waals surface area contributed by atoms with Crippen molar-refractivity contribution < 1.29 is 19.4 Å². The summed E-state index contributed by atoms with van der Waals surface area (Å²) in [6.45, 7) is 10.4. The molecule has 1 N–H and O–H groups in total. The van der Waals surface area contributed by atoms with E-state index < -0.39 is 5.41 Å². The molecule has 4 aliphatic carbocycles. The van der Waals surface area contributed by atoms with Gasteiger partial charge in [-0.25, -0.2) is 0 Å². The maximum atomic E-state index is 12.5. The van der Waals surface area contributed by atoms with Crippen LogP contribution in [0.15, 0.2) is 11.1 Å². The molecule has 0 bridgehead atoms. The van der Waals surface area contributed by atoms with E-state index in [2.05, 4.69) is 13.8 Å². The fraction of sp³-hybridized carbons (Fsp3) is 0.846. The second-order valence-electron chi connectivity index (χ2n) is 11.9. The number of aliphatic hydroxyl groups excluding tert-OH is 1. The van der Waals surface area contributed by atoms with E-state index in [1.807, 2.05) is 20.8 Å². The number of carbonyl (C=O) groups excluding carboxylic acids is 2. The fourth-order valence-corrected chi connectivity index (χ4v) is 7.61. The molecule has 0 aliphatic heterocycles. The molecular weight excluding hydrogens is 376 g/mol. The second kappa shape index (κ2) is 7.46. The number of ketones is 1. The van der Waals surface area contributed by atoms with Crippen LogP contribution in [-0.4, -0.2) is 29.6 Å². The molecule has 0 aromatic heterocycles. The average Bonchev–Trinajstić information content (AvgIpc) is 3.04. The maximum absolute atomic E-state index is 12.5. The van der Waals surface area contributed by atoms with E-state index >= 15 is 0 Å². The van der Waals surface area contributed by atoms with E-state index in [1.54, 1.807) is 11.1 Å². The van der Waals surface area contributed by atoms with Crippen molar-refractivity contribution in [1.82, 2.24) is 0 Å². The lowest BCUT2D eigenvalue weighted by molar-refractivity contribution is -0.162. The van der Waals surface area contributed by atoms with E-state index in [-0.39, 0.29) is 29.5 Å². The number of hydrogen-bond donors (Lipinski definition) is 1. The minimum atomic E-state index is -0.475. The zero-order valence-electron chi connectivity index (χ0n) is 19.6. The van der Waals surface area contributed by atoms with E-state index in [1.165, 1.54) is 0 Å². The van der Waals surface area contributed by atoms with Crippen molar-refractivity contribution in [3.8, 4) is 0 Å². The van der Waals surface area contributed by atoms with Gasteiger partial charge in [-0.05, 0) is 89.9 Å². The van der Waals surface area contributed by atoms with Crippen LogP contribution in [0.3, 0.4) is 0 Å². The molecule has 0 radical (unpaired) electrons. The Morgan fingerprint density at radius 2 is 1.90 bits per heavy atom. The van der Waals surface area contributed by atoms with Crippen LogP contribution < -0.4 is 0 Å². The number of allylic oxidation sites excluding steroid dienone is 2. The highest BCUT2D eigenvalue weighted by Gasteiger charge is 2.57. The monoisotopic (exact) mass is 416 g/mol. The van der Waals surface area contributed by atoms with Gasteiger partial charge < -0.3 is 9.84 Å². The van der Waals surface area contributed by atoms with Gasteiger partial charge in [-0.1, -0.05) is 18.1 Å². The summed E-state index contributed by atoms with van der Waals surface area (Å²) in [6.07, 6.45) is 8.56. The Morgan fingerprint density at radius 1 is 1.17 bits per heavy atom. The molecule has 30 heavy (non-hydrogen) atoms. The van der Waals surface area contributed by atoms with Crippen LogP contribution in [0.5, 0.6) is 0 Å². The molecule has 0 unspecified atom stereocenters. The van der Waals surface area contributed by atoms with Crippen LogP contribution >= 0.6 is 0 Å². The van der Waals surface area contributed by atoms with Gasteiger partial charge in [0, 0.05) is 30.8 Å². The van der Waals surface area contributed by atoms with Gasteiger partial charge in [0.25, 0.3) is 0 Å². The van der Waals surface area contributed by atoms with Crippen molar-refractivity contribution in [2.45, 2.75) is 98.5 Å². The molecule has 168 valence electrons. The largest absolute Gasteiger partial charge is 0.462 e. The first-order valence-electron chi connectivity index (χ1n) is 12.1. The van der Waals surface area contributed by atoms with Crippen molar-refractivity contribution in [3.63, 3.8) is 0 Å². The number of carbonyl (C=O) groups is 2. The number of hydrogen-bond acceptors (Lipinski definition) is 4. The molecule has 4 rings (SSSR count). The molecule has 4 heteroatoms. The lowest BCUT2D eigenvalue weighted by atomic mass is 9.48. The van der Waals surface area contributed by atoms with Crippen molar-refractivity contribution in [3.05, 3.63) is 11.1 Å². The summed E-state index contributed by atoms with van der Waals surface area (Å²) < 4.78 is 5.95. The summed E-state index contributed by atoms with van der Waals surface area (Å²) in [5.74, 6) is 1.43. The zero-order chi connectivity index (χ0) is 21.9. The number of fused-ring (bicyclic) bond motifs is 4. The number of esters is 1. The highest BCUT2D eigenvalue weighted by atomic mass is 16.5. The Labute approximate surface area is 181 Å². The third kappa shape index (κ3) is 3.29. The van der Waals surface area contributed by atoms with E-state index in [9.17, 15) is 14.7 Å². The molecule has 0 aromatic carbocycles. The van der Waals surface area contributed by atoms with E-state index in [0.717, 1.165) is 44.9 Å². The molecule has 0 heterocycles. The quantitative estimate of drug-likeness (QED) is 0.505. The molecule has 0 spiro atoms. The molecule has 0 saturated heterocycles. The van der Waals surface area contributed by atoms with Crippen LogP contribution in [0.1, 0.15) is 92.4 Å². The van der Waals surface area contributed by atoms with Gasteiger partial charge in [0.05, 0.1) is 5.41 Å². The summed E-state index contributed by atoms with van der Waals surface area (Å²) in [7, 11) is 0. The van der Waals surface area contributed by atoms with Crippen molar-refractivity contribution in [1.29, 1.82) is 0 Å². The minimum absolute atomic E-state index is 0.0770. The van der Waals surface area contributed by atoms with Crippen LogP contribution in [-0.2, 0) is 14.3 Å². The van der Waals surface area contributed by atoms with Crippen LogP contribution in [0, 0.1) is 34.0 Å². The molecule has 6 atom stereocenters. The Balaban J connectivity index is 1.61. The first-order chi connectivity index (χ1) is 14.0. The first-order valence-corrected chi connectivity index (χ1v) is 12.1. The molecule has 4 nitrogen and oxygen atoms in total. The third-order valence-corrected chi connectivity index (χ3v) is 9.35. The Kier molecular flexibility index (Phi) is 5.48. The van der Waals surface area contributed by atoms with Gasteiger partial charge in [0.15, 0.2) is 0 Å². The van der Waals surface area contributed by atoms with Crippen LogP contribution in [0.2, 0.25) is 0 Å².